The molecule has 0 fully saturated rings. The Morgan fingerprint density at radius 2 is 1.55 bits per heavy atom. The lowest BCUT2D eigenvalue weighted by atomic mass is 9.81. The predicted molar refractivity (Wildman–Crippen MR) is 79.1 cm³/mol. The van der Waals surface area contributed by atoms with E-state index < -0.39 is 5.41 Å². The number of rotatable bonds is 7. The van der Waals surface area contributed by atoms with Gasteiger partial charge >= 0.3 is 11.9 Å². The molecule has 0 saturated heterocycles. The fraction of sp³-hybridized carbons (Fsp3) is 0.625. The van der Waals surface area contributed by atoms with E-state index in [0.717, 1.165) is 0 Å². The monoisotopic (exact) mass is 282 g/mol. The van der Waals surface area contributed by atoms with Crippen LogP contribution in [0.15, 0.2) is 24.3 Å². The highest BCUT2D eigenvalue weighted by Gasteiger charge is 2.36. The van der Waals surface area contributed by atoms with E-state index in [0.29, 0.717) is 0 Å². The van der Waals surface area contributed by atoms with Crippen molar-refractivity contribution < 1.29 is 19.1 Å². The van der Waals surface area contributed by atoms with Gasteiger partial charge in [0.25, 0.3) is 0 Å². The Morgan fingerprint density at radius 1 is 1.05 bits per heavy atom. The topological polar surface area (TPSA) is 52.6 Å². The van der Waals surface area contributed by atoms with Crippen LogP contribution >= 0.6 is 0 Å². The van der Waals surface area contributed by atoms with Gasteiger partial charge in [0.1, 0.15) is 12.7 Å². The summed E-state index contributed by atoms with van der Waals surface area (Å²) in [5.41, 5.74) is -0.456. The van der Waals surface area contributed by atoms with E-state index in [9.17, 15) is 9.59 Å². The molecule has 1 unspecified atom stereocenters. The molecule has 0 aromatic carbocycles. The Balaban J connectivity index is 4.78. The smallest absolute Gasteiger partial charge is 0.330 e. The van der Waals surface area contributed by atoms with E-state index in [2.05, 4.69) is 0 Å². The molecule has 0 bridgehead atoms. The van der Waals surface area contributed by atoms with Crippen molar-refractivity contribution in [1.82, 2.24) is 0 Å². The summed E-state index contributed by atoms with van der Waals surface area (Å²) < 4.78 is 10.7. The number of carbonyl (C=O) groups is 2. The zero-order chi connectivity index (χ0) is 15.8. The van der Waals surface area contributed by atoms with Crippen molar-refractivity contribution in [3.05, 3.63) is 24.3 Å². The molecule has 0 saturated carbocycles. The van der Waals surface area contributed by atoms with Gasteiger partial charge in [0.15, 0.2) is 0 Å². The standard InChI is InChI=1S/C16H26O4/c1-7-9-13(17)19-11-16(5,6)15(12(3)4)20-14(18)10-8-2/h7-10,12,15H,11H2,1-6H3/b9-7+,10-8+. The molecule has 4 heteroatoms. The molecule has 0 N–H and O–H groups in total. The number of carbonyl (C=O) groups excluding carboxylic acids is 2. The number of allylic oxidation sites excluding steroid dienone is 2. The van der Waals surface area contributed by atoms with Crippen molar-refractivity contribution in [3.63, 3.8) is 0 Å². The van der Waals surface area contributed by atoms with Crippen LogP contribution in [0.1, 0.15) is 41.5 Å². The van der Waals surface area contributed by atoms with E-state index in [1.54, 1.807) is 26.0 Å². The molecular formula is C16H26O4. The van der Waals surface area contributed by atoms with Gasteiger partial charge in [0, 0.05) is 17.6 Å². The van der Waals surface area contributed by atoms with Gasteiger partial charge in [-0.05, 0) is 19.8 Å². The second-order valence-corrected chi connectivity index (χ2v) is 5.70. The summed E-state index contributed by atoms with van der Waals surface area (Å²) in [5.74, 6) is -0.637. The average molecular weight is 282 g/mol. The zero-order valence-corrected chi connectivity index (χ0v) is 13.3. The maximum atomic E-state index is 11.6. The van der Waals surface area contributed by atoms with Crippen LogP contribution in [0.25, 0.3) is 0 Å². The predicted octanol–water partition coefficient (Wildman–Crippen LogP) is 3.28. The molecule has 20 heavy (non-hydrogen) atoms. The van der Waals surface area contributed by atoms with Crippen molar-refractivity contribution in [2.24, 2.45) is 11.3 Å². The first kappa shape index (κ1) is 18.4. The van der Waals surface area contributed by atoms with Crippen molar-refractivity contribution in [3.8, 4) is 0 Å². The zero-order valence-electron chi connectivity index (χ0n) is 13.3. The molecule has 0 amide bonds. The summed E-state index contributed by atoms with van der Waals surface area (Å²) in [6, 6.07) is 0. The molecule has 4 nitrogen and oxygen atoms in total. The minimum absolute atomic E-state index is 0.125. The molecule has 0 rings (SSSR count). The SMILES string of the molecule is C/C=C/C(=O)OCC(C)(C)C(OC(=O)/C=C/C)C(C)C. The lowest BCUT2D eigenvalue weighted by Gasteiger charge is -2.35. The third kappa shape index (κ3) is 6.55. The van der Waals surface area contributed by atoms with E-state index in [4.69, 9.17) is 9.47 Å². The quantitative estimate of drug-likeness (QED) is 0.531. The van der Waals surface area contributed by atoms with Crippen molar-refractivity contribution >= 4 is 11.9 Å². The second kappa shape index (κ2) is 8.56. The minimum atomic E-state index is -0.456. The second-order valence-electron chi connectivity index (χ2n) is 5.70. The highest BCUT2D eigenvalue weighted by molar-refractivity contribution is 5.82. The molecule has 0 aliphatic rings. The molecule has 0 spiro atoms. The summed E-state index contributed by atoms with van der Waals surface area (Å²) in [4.78, 5) is 23.0. The van der Waals surface area contributed by atoms with Crippen LogP contribution in [0.2, 0.25) is 0 Å². The molecular weight excluding hydrogens is 256 g/mol. The van der Waals surface area contributed by atoms with Gasteiger partial charge in [-0.15, -0.1) is 0 Å². The molecule has 0 heterocycles. The molecule has 0 aromatic heterocycles. The third-order valence-corrected chi connectivity index (χ3v) is 2.81. The van der Waals surface area contributed by atoms with Gasteiger partial charge in [-0.2, -0.15) is 0 Å². The first-order valence-electron chi connectivity index (χ1n) is 6.87. The van der Waals surface area contributed by atoms with Crippen LogP contribution < -0.4 is 0 Å². The maximum Gasteiger partial charge on any atom is 0.330 e. The number of esters is 2. The van der Waals surface area contributed by atoms with E-state index in [-0.39, 0.29) is 30.6 Å². The average Bonchev–Trinajstić information content (AvgIpc) is 2.34. The van der Waals surface area contributed by atoms with Gasteiger partial charge in [0.05, 0.1) is 0 Å². The summed E-state index contributed by atoms with van der Waals surface area (Å²) in [6.07, 6.45) is 5.69. The van der Waals surface area contributed by atoms with Gasteiger partial charge in [-0.25, -0.2) is 9.59 Å². The fourth-order valence-corrected chi connectivity index (χ4v) is 2.02. The number of ether oxygens (including phenoxy) is 2. The normalized spacial score (nSPS) is 13.9. The van der Waals surface area contributed by atoms with Gasteiger partial charge < -0.3 is 9.47 Å². The lowest BCUT2D eigenvalue weighted by Crippen LogP contribution is -2.41. The number of hydrogen-bond donors (Lipinski definition) is 0. The molecule has 0 aromatic rings. The van der Waals surface area contributed by atoms with Crippen molar-refractivity contribution in [1.29, 1.82) is 0 Å². The summed E-state index contributed by atoms with van der Waals surface area (Å²) in [5, 5.41) is 0. The minimum Gasteiger partial charge on any atom is -0.462 e. The summed E-state index contributed by atoms with van der Waals surface area (Å²) in [6.45, 7) is 11.5. The Morgan fingerprint density at radius 3 is 2.00 bits per heavy atom. The van der Waals surface area contributed by atoms with E-state index in [1.165, 1.54) is 12.2 Å². The lowest BCUT2D eigenvalue weighted by molar-refractivity contribution is -0.159. The van der Waals surface area contributed by atoms with Gasteiger partial charge in [0.2, 0.25) is 0 Å². The molecule has 0 aliphatic carbocycles. The van der Waals surface area contributed by atoms with Gasteiger partial charge in [-0.3, -0.25) is 0 Å². The van der Waals surface area contributed by atoms with Crippen LogP contribution in [-0.2, 0) is 19.1 Å². The Bertz CT molecular complexity index is 378. The fourth-order valence-electron chi connectivity index (χ4n) is 2.02. The molecule has 0 radical (unpaired) electrons. The maximum absolute atomic E-state index is 11.6. The Labute approximate surface area is 121 Å². The first-order chi connectivity index (χ1) is 9.24. The summed E-state index contributed by atoms with van der Waals surface area (Å²) in [7, 11) is 0. The largest absolute Gasteiger partial charge is 0.462 e. The van der Waals surface area contributed by atoms with Crippen LogP contribution in [0, 0.1) is 11.3 Å². The van der Waals surface area contributed by atoms with Crippen LogP contribution in [0.3, 0.4) is 0 Å². The summed E-state index contributed by atoms with van der Waals surface area (Å²) >= 11 is 0. The van der Waals surface area contributed by atoms with Crippen molar-refractivity contribution in [2.45, 2.75) is 47.6 Å². The highest BCUT2D eigenvalue weighted by Crippen LogP contribution is 2.29. The first-order valence-corrected chi connectivity index (χ1v) is 6.87. The molecule has 1 atom stereocenters. The van der Waals surface area contributed by atoms with Crippen LogP contribution in [0.5, 0.6) is 0 Å². The van der Waals surface area contributed by atoms with Crippen molar-refractivity contribution in [2.75, 3.05) is 6.61 Å². The highest BCUT2D eigenvalue weighted by atomic mass is 16.6. The van der Waals surface area contributed by atoms with Crippen LogP contribution in [-0.4, -0.2) is 24.6 Å². The third-order valence-electron chi connectivity index (χ3n) is 2.81. The molecule has 0 aliphatic heterocycles. The Hall–Kier alpha value is -1.58. The number of hydrogen-bond acceptors (Lipinski definition) is 4. The molecule has 114 valence electrons. The van der Waals surface area contributed by atoms with Gasteiger partial charge in [-0.1, -0.05) is 39.8 Å². The van der Waals surface area contributed by atoms with E-state index in [1.807, 2.05) is 27.7 Å². The van der Waals surface area contributed by atoms with E-state index >= 15 is 0 Å². The van der Waals surface area contributed by atoms with Crippen LogP contribution in [0.4, 0.5) is 0 Å². The Kier molecular flexibility index (Phi) is 7.89.